The molecular formula is C12H18BrNO. The van der Waals surface area contributed by atoms with Crippen molar-refractivity contribution in [1.82, 2.24) is 5.32 Å². The van der Waals surface area contributed by atoms with Crippen molar-refractivity contribution in [2.75, 3.05) is 13.7 Å². The van der Waals surface area contributed by atoms with Gasteiger partial charge >= 0.3 is 0 Å². The van der Waals surface area contributed by atoms with E-state index in [0.29, 0.717) is 12.6 Å². The van der Waals surface area contributed by atoms with Crippen LogP contribution in [0.2, 0.25) is 0 Å². The summed E-state index contributed by atoms with van der Waals surface area (Å²) in [6.07, 6.45) is 1.08. The molecule has 0 spiro atoms. The van der Waals surface area contributed by atoms with Gasteiger partial charge in [0.2, 0.25) is 0 Å². The molecule has 0 heterocycles. The summed E-state index contributed by atoms with van der Waals surface area (Å²) in [5.74, 6) is 0.909. The van der Waals surface area contributed by atoms with Crippen LogP contribution in [0.4, 0.5) is 0 Å². The van der Waals surface area contributed by atoms with Crippen LogP contribution in [0.1, 0.15) is 31.9 Å². The second-order valence-corrected chi connectivity index (χ2v) is 4.23. The third kappa shape index (κ3) is 3.21. The summed E-state index contributed by atoms with van der Waals surface area (Å²) in [5.41, 5.74) is 1.29. The van der Waals surface area contributed by atoms with Crippen LogP contribution in [-0.4, -0.2) is 13.7 Å². The summed E-state index contributed by atoms with van der Waals surface area (Å²) in [7, 11) is 1.98. The van der Waals surface area contributed by atoms with Crippen LogP contribution >= 0.6 is 15.9 Å². The van der Waals surface area contributed by atoms with Gasteiger partial charge < -0.3 is 10.1 Å². The van der Waals surface area contributed by atoms with Gasteiger partial charge in [-0.2, -0.15) is 0 Å². The molecule has 1 atom stereocenters. The summed E-state index contributed by atoms with van der Waals surface area (Å²) >= 11 is 3.52. The van der Waals surface area contributed by atoms with Gasteiger partial charge in [-0.1, -0.05) is 13.0 Å². The first kappa shape index (κ1) is 12.5. The van der Waals surface area contributed by atoms with E-state index in [-0.39, 0.29) is 0 Å². The van der Waals surface area contributed by atoms with E-state index in [2.05, 4.69) is 40.3 Å². The standard InChI is InChI=1S/C12H18BrNO/c1-4-11(14-3)9-6-7-12(15-5-2)10(13)8-9/h6-8,11,14H,4-5H2,1-3H3. The van der Waals surface area contributed by atoms with Gasteiger partial charge in [0.25, 0.3) is 0 Å². The average molecular weight is 272 g/mol. The smallest absolute Gasteiger partial charge is 0.133 e. The predicted molar refractivity (Wildman–Crippen MR) is 67.4 cm³/mol. The van der Waals surface area contributed by atoms with E-state index >= 15 is 0 Å². The van der Waals surface area contributed by atoms with E-state index in [1.807, 2.05) is 20.0 Å². The molecule has 0 radical (unpaired) electrons. The Balaban J connectivity index is 2.89. The van der Waals surface area contributed by atoms with Gasteiger partial charge in [-0.3, -0.25) is 0 Å². The minimum atomic E-state index is 0.414. The maximum Gasteiger partial charge on any atom is 0.133 e. The highest BCUT2D eigenvalue weighted by atomic mass is 79.9. The molecule has 0 saturated heterocycles. The quantitative estimate of drug-likeness (QED) is 0.885. The fourth-order valence-electron chi connectivity index (χ4n) is 1.61. The molecule has 0 bridgehead atoms. The second-order valence-electron chi connectivity index (χ2n) is 3.37. The Kier molecular flexibility index (Phi) is 5.12. The first-order chi connectivity index (χ1) is 7.22. The van der Waals surface area contributed by atoms with Crippen molar-refractivity contribution < 1.29 is 4.74 Å². The molecular weight excluding hydrogens is 254 g/mol. The van der Waals surface area contributed by atoms with Crippen molar-refractivity contribution in [3.63, 3.8) is 0 Å². The van der Waals surface area contributed by atoms with Crippen LogP contribution in [0.3, 0.4) is 0 Å². The van der Waals surface area contributed by atoms with E-state index < -0.39 is 0 Å². The van der Waals surface area contributed by atoms with Gasteiger partial charge in [0.05, 0.1) is 11.1 Å². The molecule has 3 heteroatoms. The zero-order chi connectivity index (χ0) is 11.3. The molecule has 0 aliphatic rings. The van der Waals surface area contributed by atoms with Gasteiger partial charge in [-0.25, -0.2) is 0 Å². The SMILES string of the molecule is CCOc1ccc(C(CC)NC)cc1Br. The molecule has 0 amide bonds. The van der Waals surface area contributed by atoms with Crippen LogP contribution in [-0.2, 0) is 0 Å². The van der Waals surface area contributed by atoms with E-state index in [1.54, 1.807) is 0 Å². The van der Waals surface area contributed by atoms with Crippen molar-refractivity contribution in [3.8, 4) is 5.75 Å². The second kappa shape index (κ2) is 6.13. The highest BCUT2D eigenvalue weighted by Crippen LogP contribution is 2.29. The lowest BCUT2D eigenvalue weighted by Gasteiger charge is -2.15. The summed E-state index contributed by atoms with van der Waals surface area (Å²) in [4.78, 5) is 0. The topological polar surface area (TPSA) is 21.3 Å². The average Bonchev–Trinajstić information content (AvgIpc) is 2.24. The van der Waals surface area contributed by atoms with Crippen LogP contribution in [0.15, 0.2) is 22.7 Å². The molecule has 1 aromatic carbocycles. The zero-order valence-electron chi connectivity index (χ0n) is 9.51. The van der Waals surface area contributed by atoms with E-state index in [0.717, 1.165) is 16.6 Å². The number of nitrogens with one attached hydrogen (secondary N) is 1. The van der Waals surface area contributed by atoms with Gasteiger partial charge in [0, 0.05) is 6.04 Å². The molecule has 1 aromatic rings. The summed E-state index contributed by atoms with van der Waals surface area (Å²) in [5, 5.41) is 3.29. The number of benzene rings is 1. The molecule has 1 unspecified atom stereocenters. The Hall–Kier alpha value is -0.540. The number of ether oxygens (including phenoxy) is 1. The first-order valence-electron chi connectivity index (χ1n) is 5.32. The molecule has 84 valence electrons. The van der Waals surface area contributed by atoms with Crippen molar-refractivity contribution >= 4 is 15.9 Å². The Bertz CT molecular complexity index is 310. The van der Waals surface area contributed by atoms with Crippen LogP contribution in [0.5, 0.6) is 5.75 Å². The normalized spacial score (nSPS) is 12.5. The minimum absolute atomic E-state index is 0.414. The van der Waals surface area contributed by atoms with Crippen LogP contribution < -0.4 is 10.1 Å². The molecule has 0 aromatic heterocycles. The molecule has 1 rings (SSSR count). The van der Waals surface area contributed by atoms with Gasteiger partial charge in [-0.05, 0) is 54.0 Å². The lowest BCUT2D eigenvalue weighted by Crippen LogP contribution is -2.15. The summed E-state index contributed by atoms with van der Waals surface area (Å²) < 4.78 is 6.50. The van der Waals surface area contributed by atoms with Crippen molar-refractivity contribution in [1.29, 1.82) is 0 Å². The maximum absolute atomic E-state index is 5.47. The fraction of sp³-hybridized carbons (Fsp3) is 0.500. The lowest BCUT2D eigenvalue weighted by molar-refractivity contribution is 0.338. The van der Waals surface area contributed by atoms with E-state index in [1.165, 1.54) is 5.56 Å². The van der Waals surface area contributed by atoms with Gasteiger partial charge in [-0.15, -0.1) is 0 Å². The number of hydrogen-bond donors (Lipinski definition) is 1. The van der Waals surface area contributed by atoms with Crippen LogP contribution in [0, 0.1) is 0 Å². The van der Waals surface area contributed by atoms with E-state index in [4.69, 9.17) is 4.74 Å². The molecule has 0 fully saturated rings. The predicted octanol–water partition coefficient (Wildman–Crippen LogP) is 3.52. The monoisotopic (exact) mass is 271 g/mol. The fourth-order valence-corrected chi connectivity index (χ4v) is 2.12. The molecule has 15 heavy (non-hydrogen) atoms. The highest BCUT2D eigenvalue weighted by Gasteiger charge is 2.08. The van der Waals surface area contributed by atoms with Crippen molar-refractivity contribution in [3.05, 3.63) is 28.2 Å². The van der Waals surface area contributed by atoms with Crippen LogP contribution in [0.25, 0.3) is 0 Å². The third-order valence-corrected chi connectivity index (χ3v) is 3.03. The lowest BCUT2D eigenvalue weighted by atomic mass is 10.0. The number of halogens is 1. The Morgan fingerprint density at radius 1 is 1.40 bits per heavy atom. The Morgan fingerprint density at radius 3 is 2.60 bits per heavy atom. The Morgan fingerprint density at radius 2 is 2.13 bits per heavy atom. The number of hydrogen-bond acceptors (Lipinski definition) is 2. The molecule has 0 saturated carbocycles. The first-order valence-corrected chi connectivity index (χ1v) is 6.11. The zero-order valence-corrected chi connectivity index (χ0v) is 11.1. The third-order valence-electron chi connectivity index (χ3n) is 2.41. The maximum atomic E-state index is 5.47. The van der Waals surface area contributed by atoms with Crippen molar-refractivity contribution in [2.45, 2.75) is 26.3 Å². The number of rotatable bonds is 5. The largest absolute Gasteiger partial charge is 0.493 e. The summed E-state index contributed by atoms with van der Waals surface area (Å²) in [6.45, 7) is 4.86. The summed E-state index contributed by atoms with van der Waals surface area (Å²) in [6, 6.07) is 6.66. The molecule has 0 aliphatic carbocycles. The van der Waals surface area contributed by atoms with Crippen molar-refractivity contribution in [2.24, 2.45) is 0 Å². The minimum Gasteiger partial charge on any atom is -0.493 e. The molecule has 1 N–H and O–H groups in total. The molecule has 0 aliphatic heterocycles. The van der Waals surface area contributed by atoms with E-state index in [9.17, 15) is 0 Å². The van der Waals surface area contributed by atoms with Gasteiger partial charge in [0.1, 0.15) is 5.75 Å². The van der Waals surface area contributed by atoms with Gasteiger partial charge in [0.15, 0.2) is 0 Å². The highest BCUT2D eigenvalue weighted by molar-refractivity contribution is 9.10. The molecule has 2 nitrogen and oxygen atoms in total. The Labute approximate surface area is 100 Å².